The van der Waals surface area contributed by atoms with Crippen LogP contribution in [0.2, 0.25) is 0 Å². The molecule has 5 nitrogen and oxygen atoms in total. The minimum absolute atomic E-state index is 0.0599. The molecule has 1 aliphatic heterocycles. The third kappa shape index (κ3) is 2.89. The van der Waals surface area contributed by atoms with Crippen molar-refractivity contribution in [2.24, 2.45) is 0 Å². The molecule has 0 bridgehead atoms. The molecule has 20 heavy (non-hydrogen) atoms. The van der Waals surface area contributed by atoms with E-state index in [4.69, 9.17) is 0 Å². The summed E-state index contributed by atoms with van der Waals surface area (Å²) in [6.07, 6.45) is 0.364. The van der Waals surface area contributed by atoms with Crippen molar-refractivity contribution in [3.05, 3.63) is 29.3 Å². The first kappa shape index (κ1) is 15.5. The SMILES string of the molecule is Cc1ccc(S(=O)(=O)N(C)C2CCS(=O)(=O)C2)c(C)c1. The van der Waals surface area contributed by atoms with Crippen LogP contribution in [0.4, 0.5) is 0 Å². The Hall–Kier alpha value is -0.920. The highest BCUT2D eigenvalue weighted by Gasteiger charge is 2.36. The van der Waals surface area contributed by atoms with Crippen LogP contribution in [-0.2, 0) is 19.9 Å². The van der Waals surface area contributed by atoms with Crippen LogP contribution < -0.4 is 0 Å². The highest BCUT2D eigenvalue weighted by atomic mass is 32.2. The first-order valence-corrected chi connectivity index (χ1v) is 9.65. The fourth-order valence-corrected chi connectivity index (χ4v) is 5.96. The Bertz CT molecular complexity index is 723. The topological polar surface area (TPSA) is 71.5 Å². The number of sulfonamides is 1. The minimum atomic E-state index is -3.65. The molecule has 1 fully saturated rings. The van der Waals surface area contributed by atoms with Gasteiger partial charge in [-0.05, 0) is 31.9 Å². The molecule has 0 saturated carbocycles. The van der Waals surface area contributed by atoms with Crippen molar-refractivity contribution in [1.82, 2.24) is 4.31 Å². The Balaban J connectivity index is 2.35. The number of hydrogen-bond acceptors (Lipinski definition) is 4. The average Bonchev–Trinajstić information content (AvgIpc) is 2.68. The number of sulfone groups is 1. The molecule has 1 unspecified atom stereocenters. The molecule has 0 spiro atoms. The molecule has 1 saturated heterocycles. The maximum absolute atomic E-state index is 12.6. The van der Waals surface area contributed by atoms with E-state index in [0.29, 0.717) is 12.0 Å². The van der Waals surface area contributed by atoms with Gasteiger partial charge in [0.1, 0.15) is 0 Å². The van der Waals surface area contributed by atoms with Crippen LogP contribution in [0.3, 0.4) is 0 Å². The third-order valence-electron chi connectivity index (χ3n) is 3.71. The number of benzene rings is 1. The fraction of sp³-hybridized carbons (Fsp3) is 0.538. The predicted molar refractivity (Wildman–Crippen MR) is 77.9 cm³/mol. The van der Waals surface area contributed by atoms with Gasteiger partial charge in [0.2, 0.25) is 10.0 Å². The van der Waals surface area contributed by atoms with Gasteiger partial charge >= 0.3 is 0 Å². The lowest BCUT2D eigenvalue weighted by atomic mass is 10.2. The van der Waals surface area contributed by atoms with Crippen molar-refractivity contribution in [3.63, 3.8) is 0 Å². The van der Waals surface area contributed by atoms with Gasteiger partial charge in [0.05, 0.1) is 16.4 Å². The van der Waals surface area contributed by atoms with E-state index in [1.165, 1.54) is 11.4 Å². The third-order valence-corrected chi connectivity index (χ3v) is 7.53. The predicted octanol–water partition coefficient (Wildman–Crippen LogP) is 1.11. The number of aryl methyl sites for hydroxylation is 2. The normalized spacial score (nSPS) is 22.3. The second-order valence-corrected chi connectivity index (χ2v) is 9.54. The van der Waals surface area contributed by atoms with Gasteiger partial charge in [-0.15, -0.1) is 0 Å². The quantitative estimate of drug-likeness (QED) is 0.837. The number of rotatable bonds is 3. The molecule has 112 valence electrons. The van der Waals surface area contributed by atoms with Crippen LogP contribution in [-0.4, -0.2) is 45.7 Å². The molecule has 0 radical (unpaired) electrons. The summed E-state index contributed by atoms with van der Waals surface area (Å²) in [6, 6.07) is 4.68. The van der Waals surface area contributed by atoms with E-state index in [2.05, 4.69) is 0 Å². The van der Waals surface area contributed by atoms with E-state index in [0.717, 1.165) is 5.56 Å². The molecule has 0 aliphatic carbocycles. The van der Waals surface area contributed by atoms with Crippen molar-refractivity contribution in [2.75, 3.05) is 18.6 Å². The zero-order valence-corrected chi connectivity index (χ0v) is 13.5. The summed E-state index contributed by atoms with van der Waals surface area (Å²) in [6.45, 7) is 3.65. The maximum atomic E-state index is 12.6. The minimum Gasteiger partial charge on any atom is -0.229 e. The van der Waals surface area contributed by atoms with Crippen molar-refractivity contribution >= 4 is 19.9 Å². The molecular weight excluding hydrogens is 298 g/mol. The zero-order valence-electron chi connectivity index (χ0n) is 11.8. The molecule has 1 aliphatic rings. The molecule has 2 rings (SSSR count). The Labute approximate surface area is 120 Å². The lowest BCUT2D eigenvalue weighted by molar-refractivity contribution is 0.393. The lowest BCUT2D eigenvalue weighted by Gasteiger charge is -2.23. The highest BCUT2D eigenvalue weighted by Crippen LogP contribution is 2.25. The molecular formula is C13H19NO4S2. The smallest absolute Gasteiger partial charge is 0.229 e. The van der Waals surface area contributed by atoms with E-state index in [-0.39, 0.29) is 16.4 Å². The Morgan fingerprint density at radius 3 is 2.40 bits per heavy atom. The summed E-state index contributed by atoms with van der Waals surface area (Å²) in [5, 5.41) is 0. The molecule has 0 aromatic heterocycles. The number of nitrogens with zero attached hydrogens (tertiary/aromatic N) is 1. The molecule has 1 atom stereocenters. The first-order chi connectivity index (χ1) is 9.13. The zero-order chi connectivity index (χ0) is 15.1. The summed E-state index contributed by atoms with van der Waals surface area (Å²) in [5.74, 6) is -0.0297. The van der Waals surface area contributed by atoms with Crippen LogP contribution in [0.5, 0.6) is 0 Å². The summed E-state index contributed by atoms with van der Waals surface area (Å²) >= 11 is 0. The molecule has 1 heterocycles. The monoisotopic (exact) mass is 317 g/mol. The average molecular weight is 317 g/mol. The second kappa shape index (κ2) is 5.13. The summed E-state index contributed by atoms with van der Waals surface area (Å²) in [7, 11) is -5.30. The second-order valence-electron chi connectivity index (χ2n) is 5.35. The van der Waals surface area contributed by atoms with Gasteiger partial charge in [-0.1, -0.05) is 17.7 Å². The molecule has 7 heteroatoms. The van der Waals surface area contributed by atoms with Crippen molar-refractivity contribution in [1.29, 1.82) is 0 Å². The summed E-state index contributed by atoms with van der Waals surface area (Å²) < 4.78 is 49.4. The maximum Gasteiger partial charge on any atom is 0.243 e. The van der Waals surface area contributed by atoms with Crippen LogP contribution in [0, 0.1) is 13.8 Å². The Morgan fingerprint density at radius 2 is 1.90 bits per heavy atom. The standard InChI is InChI=1S/C13H19NO4S2/c1-10-4-5-13(11(2)8-10)20(17,18)14(3)12-6-7-19(15,16)9-12/h4-5,8,12H,6-7,9H2,1-3H3. The van der Waals surface area contributed by atoms with Crippen molar-refractivity contribution in [2.45, 2.75) is 31.2 Å². The van der Waals surface area contributed by atoms with Gasteiger partial charge < -0.3 is 0 Å². The first-order valence-electron chi connectivity index (χ1n) is 6.39. The van der Waals surface area contributed by atoms with Gasteiger partial charge in [0.25, 0.3) is 0 Å². The van der Waals surface area contributed by atoms with Gasteiger partial charge in [-0.3, -0.25) is 0 Å². The van der Waals surface area contributed by atoms with Gasteiger partial charge in [0.15, 0.2) is 9.84 Å². The Kier molecular flexibility index (Phi) is 3.96. The van der Waals surface area contributed by atoms with Crippen LogP contribution in [0.1, 0.15) is 17.5 Å². The van der Waals surface area contributed by atoms with Gasteiger partial charge in [-0.25, -0.2) is 16.8 Å². The Morgan fingerprint density at radius 1 is 1.25 bits per heavy atom. The van der Waals surface area contributed by atoms with E-state index in [1.54, 1.807) is 19.1 Å². The van der Waals surface area contributed by atoms with Crippen LogP contribution >= 0.6 is 0 Å². The van der Waals surface area contributed by atoms with Crippen molar-refractivity contribution in [3.8, 4) is 0 Å². The van der Waals surface area contributed by atoms with Crippen molar-refractivity contribution < 1.29 is 16.8 Å². The highest BCUT2D eigenvalue weighted by molar-refractivity contribution is 7.92. The van der Waals surface area contributed by atoms with Crippen LogP contribution in [0.25, 0.3) is 0 Å². The molecule has 0 N–H and O–H groups in total. The van der Waals surface area contributed by atoms with E-state index in [1.807, 2.05) is 13.0 Å². The van der Waals surface area contributed by atoms with E-state index >= 15 is 0 Å². The van der Waals surface area contributed by atoms with E-state index < -0.39 is 25.9 Å². The molecule has 1 aromatic rings. The summed E-state index contributed by atoms with van der Waals surface area (Å²) in [4.78, 5) is 0.245. The molecule has 0 amide bonds. The summed E-state index contributed by atoms with van der Waals surface area (Å²) in [5.41, 5.74) is 1.67. The van der Waals surface area contributed by atoms with E-state index in [9.17, 15) is 16.8 Å². The van der Waals surface area contributed by atoms with Gasteiger partial charge in [-0.2, -0.15) is 4.31 Å². The molecule has 1 aromatic carbocycles. The fourth-order valence-electron chi connectivity index (χ4n) is 2.50. The number of hydrogen-bond donors (Lipinski definition) is 0. The van der Waals surface area contributed by atoms with Crippen LogP contribution in [0.15, 0.2) is 23.1 Å². The lowest BCUT2D eigenvalue weighted by Crippen LogP contribution is -2.38. The van der Waals surface area contributed by atoms with Gasteiger partial charge in [0, 0.05) is 13.1 Å². The largest absolute Gasteiger partial charge is 0.243 e.